The Morgan fingerprint density at radius 2 is 1.07 bits per heavy atom. The van der Waals surface area contributed by atoms with Gasteiger partial charge < -0.3 is 0 Å². The lowest BCUT2D eigenvalue weighted by Crippen LogP contribution is -2.37. The second-order valence-corrected chi connectivity index (χ2v) is 9.82. The van der Waals surface area contributed by atoms with Crippen LogP contribution in [0.3, 0.4) is 0 Å². The average Bonchev–Trinajstić information content (AvgIpc) is 3.14. The lowest BCUT2D eigenvalue weighted by Gasteiger charge is -2.08. The second kappa shape index (κ2) is 18.9. The van der Waals surface area contributed by atoms with Crippen molar-refractivity contribution in [2.75, 3.05) is 0 Å². The molecule has 2 heteroatoms. The number of hydrogen-bond donors (Lipinski definition) is 0. The summed E-state index contributed by atoms with van der Waals surface area (Å²) in [6.45, 7) is 10.5. The highest BCUT2D eigenvalue weighted by Gasteiger charge is 2.18. The molecule has 0 saturated carbocycles. The Bertz CT molecular complexity index is 489. The number of hydrogen-bond acceptors (Lipinski definition) is 0. The lowest BCUT2D eigenvalue weighted by atomic mass is 10.1. The monoisotopic (exact) mass is 419 g/mol. The predicted octanol–water partition coefficient (Wildman–Crippen LogP) is 8.96. The van der Waals surface area contributed by atoms with E-state index in [0.29, 0.717) is 6.04 Å². The smallest absolute Gasteiger partial charge is 0.234 e. The molecule has 0 spiro atoms. The number of unbranched alkanes of at least 4 members (excludes halogenated alkanes) is 16. The molecule has 0 bridgehead atoms. The number of nitrogens with zero attached hydrogens (tertiary/aromatic N) is 2. The van der Waals surface area contributed by atoms with Crippen LogP contribution in [0.4, 0.5) is 0 Å². The van der Waals surface area contributed by atoms with E-state index in [-0.39, 0.29) is 0 Å². The van der Waals surface area contributed by atoms with E-state index in [1.54, 1.807) is 5.82 Å². The van der Waals surface area contributed by atoms with E-state index in [2.05, 4.69) is 49.2 Å². The highest BCUT2D eigenvalue weighted by molar-refractivity contribution is 4.86. The highest BCUT2D eigenvalue weighted by Crippen LogP contribution is 2.14. The van der Waals surface area contributed by atoms with Crippen LogP contribution in [0.2, 0.25) is 0 Å². The zero-order valence-electron chi connectivity index (χ0n) is 21.3. The summed E-state index contributed by atoms with van der Waals surface area (Å²) in [5.74, 6) is 1.56. The summed E-state index contributed by atoms with van der Waals surface area (Å²) in [5, 5.41) is 0. The minimum atomic E-state index is 0.572. The second-order valence-electron chi connectivity index (χ2n) is 9.82. The topological polar surface area (TPSA) is 8.81 Å². The van der Waals surface area contributed by atoms with Crippen molar-refractivity contribution in [2.45, 2.75) is 162 Å². The van der Waals surface area contributed by atoms with Crippen molar-refractivity contribution in [3.63, 3.8) is 0 Å². The van der Waals surface area contributed by atoms with Crippen LogP contribution in [-0.2, 0) is 13.0 Å². The Morgan fingerprint density at radius 3 is 1.53 bits per heavy atom. The third-order valence-electron chi connectivity index (χ3n) is 6.60. The molecule has 0 fully saturated rings. The fraction of sp³-hybridized carbons (Fsp3) is 0.893. The molecule has 1 aromatic heterocycles. The summed E-state index contributed by atoms with van der Waals surface area (Å²) in [4.78, 5) is 0. The average molecular weight is 420 g/mol. The van der Waals surface area contributed by atoms with Gasteiger partial charge in [-0.25, -0.2) is 9.13 Å². The summed E-state index contributed by atoms with van der Waals surface area (Å²) >= 11 is 0. The maximum absolute atomic E-state index is 2.56. The van der Waals surface area contributed by atoms with E-state index in [0.717, 1.165) is 0 Å². The van der Waals surface area contributed by atoms with Crippen molar-refractivity contribution in [3.8, 4) is 0 Å². The van der Waals surface area contributed by atoms with Gasteiger partial charge in [-0.2, -0.15) is 0 Å². The molecule has 176 valence electrons. The van der Waals surface area contributed by atoms with E-state index >= 15 is 0 Å². The molecule has 0 saturated heterocycles. The third-order valence-corrected chi connectivity index (χ3v) is 6.60. The van der Waals surface area contributed by atoms with Crippen LogP contribution in [0.1, 0.15) is 155 Å². The molecule has 0 atom stereocenters. The fourth-order valence-electron chi connectivity index (χ4n) is 4.61. The van der Waals surface area contributed by atoms with Gasteiger partial charge >= 0.3 is 0 Å². The number of aromatic nitrogens is 2. The third kappa shape index (κ3) is 12.8. The summed E-state index contributed by atoms with van der Waals surface area (Å²) < 4.78 is 5.07. The highest BCUT2D eigenvalue weighted by atomic mass is 15.2. The van der Waals surface area contributed by atoms with Crippen LogP contribution in [0.15, 0.2) is 12.4 Å². The summed E-state index contributed by atoms with van der Waals surface area (Å²) in [6.07, 6.45) is 31.3. The Labute approximate surface area is 189 Å². The lowest BCUT2D eigenvalue weighted by molar-refractivity contribution is -0.704. The van der Waals surface area contributed by atoms with Gasteiger partial charge in [0, 0.05) is 6.42 Å². The minimum Gasteiger partial charge on any atom is -0.234 e. The van der Waals surface area contributed by atoms with Crippen molar-refractivity contribution >= 4 is 0 Å². The Kier molecular flexibility index (Phi) is 17.2. The van der Waals surface area contributed by atoms with Crippen LogP contribution in [0.5, 0.6) is 0 Å². The van der Waals surface area contributed by atoms with Gasteiger partial charge in [0.2, 0.25) is 0 Å². The van der Waals surface area contributed by atoms with Gasteiger partial charge in [0.1, 0.15) is 12.4 Å². The molecule has 0 aliphatic heterocycles. The van der Waals surface area contributed by atoms with Crippen molar-refractivity contribution in [1.29, 1.82) is 0 Å². The molecule has 0 amide bonds. The van der Waals surface area contributed by atoms with Crippen LogP contribution in [0, 0.1) is 0 Å². The first-order valence-corrected chi connectivity index (χ1v) is 13.8. The van der Waals surface area contributed by atoms with Gasteiger partial charge in [0.15, 0.2) is 0 Å². The van der Waals surface area contributed by atoms with Gasteiger partial charge in [-0.05, 0) is 33.1 Å². The van der Waals surface area contributed by atoms with E-state index in [4.69, 9.17) is 0 Å². The SMILES string of the molecule is CCCCCCCCCCCc1n(C(C)C)cc[n+]1CCCCCCCCCCC. The molecule has 1 heterocycles. The number of aryl methyl sites for hydroxylation is 1. The van der Waals surface area contributed by atoms with E-state index in [1.165, 1.54) is 129 Å². The number of imidazole rings is 1. The van der Waals surface area contributed by atoms with E-state index < -0.39 is 0 Å². The zero-order valence-corrected chi connectivity index (χ0v) is 21.3. The first kappa shape index (κ1) is 27.2. The molecule has 0 aliphatic rings. The Hall–Kier alpha value is -0.790. The fourth-order valence-corrected chi connectivity index (χ4v) is 4.61. The zero-order chi connectivity index (χ0) is 21.9. The molecule has 0 unspecified atom stereocenters. The van der Waals surface area contributed by atoms with Gasteiger partial charge in [0.25, 0.3) is 5.82 Å². The maximum Gasteiger partial charge on any atom is 0.256 e. The summed E-state index contributed by atoms with van der Waals surface area (Å²) in [7, 11) is 0. The maximum atomic E-state index is 2.56. The van der Waals surface area contributed by atoms with Crippen molar-refractivity contribution < 1.29 is 4.57 Å². The standard InChI is InChI=1S/C28H55N2/c1-5-7-9-11-13-15-17-19-21-23-28-29(25-26-30(28)27(3)4)24-22-20-18-16-14-12-10-8-6-2/h25-27H,5-24H2,1-4H3/q+1. The van der Waals surface area contributed by atoms with Gasteiger partial charge in [-0.15, -0.1) is 0 Å². The Morgan fingerprint density at radius 1 is 0.633 bits per heavy atom. The van der Waals surface area contributed by atoms with Gasteiger partial charge in [0.05, 0.1) is 12.6 Å². The van der Waals surface area contributed by atoms with Crippen LogP contribution >= 0.6 is 0 Å². The van der Waals surface area contributed by atoms with Crippen molar-refractivity contribution in [1.82, 2.24) is 4.57 Å². The molecule has 0 aliphatic carbocycles. The minimum absolute atomic E-state index is 0.572. The molecule has 0 aromatic carbocycles. The summed E-state index contributed by atoms with van der Waals surface area (Å²) in [5.41, 5.74) is 0. The first-order valence-electron chi connectivity index (χ1n) is 13.8. The molecule has 0 N–H and O–H groups in total. The van der Waals surface area contributed by atoms with Gasteiger partial charge in [-0.3, -0.25) is 0 Å². The normalized spacial score (nSPS) is 11.6. The number of rotatable bonds is 21. The molecular formula is C28H55N2+. The molecule has 1 rings (SSSR count). The van der Waals surface area contributed by atoms with Crippen LogP contribution < -0.4 is 4.57 Å². The molecule has 1 aromatic rings. The largest absolute Gasteiger partial charge is 0.256 e. The first-order chi connectivity index (χ1) is 14.7. The van der Waals surface area contributed by atoms with Crippen LogP contribution in [-0.4, -0.2) is 4.57 Å². The molecule has 30 heavy (non-hydrogen) atoms. The van der Waals surface area contributed by atoms with E-state index in [9.17, 15) is 0 Å². The predicted molar refractivity (Wildman–Crippen MR) is 133 cm³/mol. The van der Waals surface area contributed by atoms with Gasteiger partial charge in [-0.1, -0.05) is 110 Å². The van der Waals surface area contributed by atoms with Crippen LogP contribution in [0.25, 0.3) is 0 Å². The van der Waals surface area contributed by atoms with E-state index in [1.807, 2.05) is 0 Å². The molecule has 2 nitrogen and oxygen atoms in total. The molecular weight excluding hydrogens is 364 g/mol. The Balaban J connectivity index is 2.23. The molecule has 0 radical (unpaired) electrons. The summed E-state index contributed by atoms with van der Waals surface area (Å²) in [6, 6.07) is 0.572. The van der Waals surface area contributed by atoms with Crippen molar-refractivity contribution in [2.24, 2.45) is 0 Å². The van der Waals surface area contributed by atoms with Crippen molar-refractivity contribution in [3.05, 3.63) is 18.2 Å². The quantitative estimate of drug-likeness (QED) is 0.139.